The van der Waals surface area contributed by atoms with Crippen molar-refractivity contribution in [2.45, 2.75) is 20.3 Å². The molecule has 80 valence electrons. The third-order valence-electron chi connectivity index (χ3n) is 1.95. The van der Waals surface area contributed by atoms with Gasteiger partial charge in [0.05, 0.1) is 0 Å². The van der Waals surface area contributed by atoms with Gasteiger partial charge in [0, 0.05) is 14.8 Å². The fourth-order valence-electron chi connectivity index (χ4n) is 1.19. The van der Waals surface area contributed by atoms with Crippen LogP contribution >= 0.6 is 22.6 Å². The Morgan fingerprint density at radius 1 is 1.53 bits per heavy atom. The zero-order chi connectivity index (χ0) is 11.3. The largest absolute Gasteiger partial charge is 0.322 e. The zero-order valence-electron chi connectivity index (χ0n) is 8.88. The Bertz CT molecular complexity index is 385. The molecule has 15 heavy (non-hydrogen) atoms. The van der Waals surface area contributed by atoms with Crippen LogP contribution in [0.4, 0.5) is 5.69 Å². The number of halogens is 1. The lowest BCUT2D eigenvalue weighted by atomic mass is 10.2. The molecule has 0 saturated carbocycles. The molecule has 0 aliphatic heterocycles. The molecule has 0 heterocycles. The molecular formula is C12H14INO. The molecule has 1 aromatic rings. The number of hydrogen-bond acceptors (Lipinski definition) is 1. The molecule has 3 heteroatoms. The van der Waals surface area contributed by atoms with Crippen LogP contribution in [0.5, 0.6) is 0 Å². The van der Waals surface area contributed by atoms with Gasteiger partial charge in [0.1, 0.15) is 0 Å². The molecule has 0 aliphatic carbocycles. The van der Waals surface area contributed by atoms with Crippen LogP contribution in [-0.2, 0) is 4.79 Å². The summed E-state index contributed by atoms with van der Waals surface area (Å²) in [6, 6.07) is 7.75. The first-order valence-corrected chi connectivity index (χ1v) is 5.95. The predicted molar refractivity (Wildman–Crippen MR) is 71.8 cm³/mol. The number of allylic oxidation sites excluding steroid dienone is 1. The van der Waals surface area contributed by atoms with Crippen LogP contribution in [0.3, 0.4) is 0 Å². The molecular weight excluding hydrogens is 301 g/mol. The second-order valence-corrected chi connectivity index (χ2v) is 4.51. The molecule has 2 nitrogen and oxygen atoms in total. The maximum Gasteiger partial charge on any atom is 0.250 e. The molecule has 0 atom stereocenters. The van der Waals surface area contributed by atoms with Crippen molar-refractivity contribution in [2.75, 3.05) is 5.32 Å². The van der Waals surface area contributed by atoms with E-state index in [1.165, 1.54) is 0 Å². The minimum atomic E-state index is -0.0288. The zero-order valence-corrected chi connectivity index (χ0v) is 11.0. The number of benzene rings is 1. The van der Waals surface area contributed by atoms with Gasteiger partial charge in [0.15, 0.2) is 0 Å². The highest BCUT2D eigenvalue weighted by atomic mass is 127. The quantitative estimate of drug-likeness (QED) is 0.670. The molecule has 1 amide bonds. The van der Waals surface area contributed by atoms with Gasteiger partial charge in [-0.3, -0.25) is 4.79 Å². The number of anilines is 1. The number of hydrogen-bond donors (Lipinski definition) is 1. The van der Waals surface area contributed by atoms with Crippen molar-refractivity contribution in [3.05, 3.63) is 39.5 Å². The molecule has 1 aromatic carbocycles. The maximum atomic E-state index is 11.6. The first-order valence-electron chi connectivity index (χ1n) is 4.87. The Morgan fingerprint density at radius 2 is 2.27 bits per heavy atom. The Morgan fingerprint density at radius 3 is 2.87 bits per heavy atom. The predicted octanol–water partition coefficient (Wildman–Crippen LogP) is 3.59. The summed E-state index contributed by atoms with van der Waals surface area (Å²) in [5.41, 5.74) is 1.60. The van der Waals surface area contributed by atoms with Crippen LogP contribution in [0.2, 0.25) is 0 Å². The van der Waals surface area contributed by atoms with Gasteiger partial charge < -0.3 is 5.32 Å². The minimum Gasteiger partial charge on any atom is -0.322 e. The minimum absolute atomic E-state index is 0.0288. The summed E-state index contributed by atoms with van der Waals surface area (Å²) in [4.78, 5) is 11.6. The third-order valence-corrected chi connectivity index (χ3v) is 2.62. The topological polar surface area (TPSA) is 29.1 Å². The van der Waals surface area contributed by atoms with E-state index >= 15 is 0 Å². The summed E-state index contributed by atoms with van der Waals surface area (Å²) in [5.74, 6) is -0.0288. The molecule has 1 rings (SSSR count). The van der Waals surface area contributed by atoms with Crippen molar-refractivity contribution < 1.29 is 4.79 Å². The number of rotatable bonds is 3. The van der Waals surface area contributed by atoms with Crippen LogP contribution < -0.4 is 5.32 Å². The highest BCUT2D eigenvalue weighted by Crippen LogP contribution is 2.13. The lowest BCUT2D eigenvalue weighted by molar-refractivity contribution is -0.112. The SMILES string of the molecule is CC/C=C(/C)C(=O)Nc1cccc(I)c1. The summed E-state index contributed by atoms with van der Waals surface area (Å²) in [5, 5.41) is 2.86. The van der Waals surface area contributed by atoms with E-state index in [1.807, 2.05) is 44.2 Å². The lowest BCUT2D eigenvalue weighted by Crippen LogP contribution is -2.12. The molecule has 0 saturated heterocycles. The number of carbonyl (C=O) groups is 1. The molecule has 0 aromatic heterocycles. The normalized spacial score (nSPS) is 11.3. The van der Waals surface area contributed by atoms with Crippen LogP contribution in [0.15, 0.2) is 35.9 Å². The second kappa shape index (κ2) is 5.90. The summed E-state index contributed by atoms with van der Waals surface area (Å²) in [6.07, 6.45) is 2.80. The first-order chi connectivity index (χ1) is 7.13. The van der Waals surface area contributed by atoms with Crippen molar-refractivity contribution in [3.63, 3.8) is 0 Å². The summed E-state index contributed by atoms with van der Waals surface area (Å²) < 4.78 is 1.11. The Hall–Kier alpha value is -0.840. The first kappa shape index (κ1) is 12.2. The maximum absolute atomic E-state index is 11.6. The Balaban J connectivity index is 2.70. The highest BCUT2D eigenvalue weighted by Gasteiger charge is 2.03. The molecule has 0 fully saturated rings. The van der Waals surface area contributed by atoms with Crippen molar-refractivity contribution in [3.8, 4) is 0 Å². The fraction of sp³-hybridized carbons (Fsp3) is 0.250. The van der Waals surface area contributed by atoms with Gasteiger partial charge in [0.2, 0.25) is 0 Å². The number of nitrogens with one attached hydrogen (secondary N) is 1. The van der Waals surface area contributed by atoms with Gasteiger partial charge in [-0.25, -0.2) is 0 Å². The van der Waals surface area contributed by atoms with Crippen molar-refractivity contribution in [2.24, 2.45) is 0 Å². The monoisotopic (exact) mass is 315 g/mol. The smallest absolute Gasteiger partial charge is 0.250 e. The van der Waals surface area contributed by atoms with E-state index < -0.39 is 0 Å². The molecule has 0 unspecified atom stereocenters. The van der Waals surface area contributed by atoms with E-state index in [9.17, 15) is 4.79 Å². The van der Waals surface area contributed by atoms with Gasteiger partial charge in [-0.1, -0.05) is 19.1 Å². The van der Waals surface area contributed by atoms with Gasteiger partial charge in [0.25, 0.3) is 5.91 Å². The molecule has 1 N–H and O–H groups in total. The van der Waals surface area contributed by atoms with Gasteiger partial charge in [-0.15, -0.1) is 0 Å². The standard InChI is InChI=1S/C12H14INO/c1-3-5-9(2)12(15)14-11-7-4-6-10(13)8-11/h4-8H,3H2,1-2H3,(H,14,15)/b9-5-. The number of carbonyl (C=O) groups excluding carboxylic acids is 1. The van der Waals surface area contributed by atoms with Crippen LogP contribution in [0, 0.1) is 3.57 Å². The van der Waals surface area contributed by atoms with Crippen molar-refractivity contribution in [1.82, 2.24) is 0 Å². The van der Waals surface area contributed by atoms with E-state index in [4.69, 9.17) is 0 Å². The van der Waals surface area contributed by atoms with Crippen LogP contribution in [-0.4, -0.2) is 5.91 Å². The van der Waals surface area contributed by atoms with Gasteiger partial charge >= 0.3 is 0 Å². The van der Waals surface area contributed by atoms with E-state index in [0.29, 0.717) is 0 Å². The molecule has 0 spiro atoms. The van der Waals surface area contributed by atoms with Crippen LogP contribution in [0.1, 0.15) is 20.3 Å². The van der Waals surface area contributed by atoms with Crippen molar-refractivity contribution in [1.29, 1.82) is 0 Å². The summed E-state index contributed by atoms with van der Waals surface area (Å²) in [6.45, 7) is 3.84. The van der Waals surface area contributed by atoms with E-state index in [1.54, 1.807) is 0 Å². The Labute approximate surface area is 104 Å². The molecule has 0 aliphatic rings. The third kappa shape index (κ3) is 4.03. The summed E-state index contributed by atoms with van der Waals surface area (Å²) in [7, 11) is 0. The summed E-state index contributed by atoms with van der Waals surface area (Å²) >= 11 is 2.22. The van der Waals surface area contributed by atoms with E-state index in [2.05, 4.69) is 27.9 Å². The lowest BCUT2D eigenvalue weighted by Gasteiger charge is -2.05. The average molecular weight is 315 g/mol. The molecule has 0 radical (unpaired) electrons. The van der Waals surface area contributed by atoms with Gasteiger partial charge in [-0.2, -0.15) is 0 Å². The van der Waals surface area contributed by atoms with Crippen molar-refractivity contribution >= 4 is 34.2 Å². The highest BCUT2D eigenvalue weighted by molar-refractivity contribution is 14.1. The molecule has 0 bridgehead atoms. The van der Waals surface area contributed by atoms with E-state index in [-0.39, 0.29) is 5.91 Å². The van der Waals surface area contributed by atoms with E-state index in [0.717, 1.165) is 21.3 Å². The number of amides is 1. The van der Waals surface area contributed by atoms with Gasteiger partial charge in [-0.05, 0) is 54.1 Å². The second-order valence-electron chi connectivity index (χ2n) is 3.26. The van der Waals surface area contributed by atoms with Crippen LogP contribution in [0.25, 0.3) is 0 Å². The average Bonchev–Trinajstić information content (AvgIpc) is 2.18. The Kier molecular flexibility index (Phi) is 4.81. The fourth-order valence-corrected chi connectivity index (χ4v) is 1.74.